The smallest absolute Gasteiger partial charge is 0.262 e. The summed E-state index contributed by atoms with van der Waals surface area (Å²) in [5, 5.41) is 6.58. The summed E-state index contributed by atoms with van der Waals surface area (Å²) in [6.45, 7) is 5.18. The molecule has 3 rings (SSSR count). The number of likely N-dealkylation sites (tertiary alicyclic amines) is 2. The normalized spacial score (nSPS) is 24.9. The molecule has 1 N–H and O–H groups in total. The van der Waals surface area contributed by atoms with Crippen LogP contribution in [0.4, 0.5) is 8.78 Å². The van der Waals surface area contributed by atoms with Gasteiger partial charge in [0.15, 0.2) is 0 Å². The fourth-order valence-electron chi connectivity index (χ4n) is 3.33. The standard InChI is InChI=1S/C15H22F2N4O2/c1-3-23-8-11-4-15(16,17)9-21(11)12-6-20(7-12)14(22)13-5-18-19-10(13)2/h5,11-12H,3-4,6-9H2,1-2H3,(H,18,19)/t11-/m0/s1. The Balaban J connectivity index is 1.59. The molecule has 2 aliphatic heterocycles. The van der Waals surface area contributed by atoms with Crippen LogP contribution >= 0.6 is 0 Å². The maximum Gasteiger partial charge on any atom is 0.262 e. The summed E-state index contributed by atoms with van der Waals surface area (Å²) >= 11 is 0. The lowest BCUT2D eigenvalue weighted by Gasteiger charge is -2.45. The number of aromatic nitrogens is 2. The first-order valence-corrected chi connectivity index (χ1v) is 7.92. The topological polar surface area (TPSA) is 61.5 Å². The Labute approximate surface area is 133 Å². The van der Waals surface area contributed by atoms with E-state index in [1.165, 1.54) is 6.20 Å². The number of nitrogens with zero attached hydrogens (tertiary/aromatic N) is 3. The molecule has 23 heavy (non-hydrogen) atoms. The summed E-state index contributed by atoms with van der Waals surface area (Å²) in [7, 11) is 0. The predicted molar refractivity (Wildman–Crippen MR) is 79.6 cm³/mol. The van der Waals surface area contributed by atoms with Crippen LogP contribution in [0.3, 0.4) is 0 Å². The van der Waals surface area contributed by atoms with Crippen molar-refractivity contribution in [1.82, 2.24) is 20.0 Å². The van der Waals surface area contributed by atoms with E-state index in [4.69, 9.17) is 4.74 Å². The molecule has 2 saturated heterocycles. The number of aromatic amines is 1. The highest BCUT2D eigenvalue weighted by atomic mass is 19.3. The third-order valence-electron chi connectivity index (χ3n) is 4.61. The Morgan fingerprint density at radius 2 is 2.26 bits per heavy atom. The molecule has 1 amide bonds. The van der Waals surface area contributed by atoms with Crippen molar-refractivity contribution in [3.8, 4) is 0 Å². The van der Waals surface area contributed by atoms with Crippen LogP contribution < -0.4 is 0 Å². The van der Waals surface area contributed by atoms with Gasteiger partial charge in [0.25, 0.3) is 11.8 Å². The molecule has 128 valence electrons. The van der Waals surface area contributed by atoms with Gasteiger partial charge in [0.1, 0.15) is 0 Å². The van der Waals surface area contributed by atoms with Crippen molar-refractivity contribution in [1.29, 1.82) is 0 Å². The highest BCUT2D eigenvalue weighted by Crippen LogP contribution is 2.35. The number of H-pyrrole nitrogens is 1. The number of carbonyl (C=O) groups excluding carboxylic acids is 1. The van der Waals surface area contributed by atoms with Crippen LogP contribution in [0.5, 0.6) is 0 Å². The van der Waals surface area contributed by atoms with Crippen molar-refractivity contribution in [2.75, 3.05) is 32.8 Å². The molecule has 8 heteroatoms. The number of rotatable bonds is 5. The minimum absolute atomic E-state index is 0.0232. The highest BCUT2D eigenvalue weighted by molar-refractivity contribution is 5.95. The monoisotopic (exact) mass is 328 g/mol. The third-order valence-corrected chi connectivity index (χ3v) is 4.61. The maximum absolute atomic E-state index is 13.7. The molecule has 0 unspecified atom stereocenters. The van der Waals surface area contributed by atoms with E-state index in [9.17, 15) is 13.6 Å². The van der Waals surface area contributed by atoms with Crippen molar-refractivity contribution in [2.24, 2.45) is 0 Å². The number of aryl methyl sites for hydroxylation is 1. The van der Waals surface area contributed by atoms with Gasteiger partial charge in [-0.2, -0.15) is 5.10 Å². The number of hydrogen-bond acceptors (Lipinski definition) is 4. The predicted octanol–water partition coefficient (Wildman–Crippen LogP) is 1.29. The van der Waals surface area contributed by atoms with Gasteiger partial charge in [-0.1, -0.05) is 0 Å². The fourth-order valence-corrected chi connectivity index (χ4v) is 3.33. The number of carbonyl (C=O) groups is 1. The van der Waals surface area contributed by atoms with Crippen LogP contribution in [0.15, 0.2) is 6.20 Å². The average molecular weight is 328 g/mol. The SMILES string of the molecule is CCOC[C@@H]1CC(F)(F)CN1C1CN(C(=O)c2cn[nH]c2C)C1. The lowest BCUT2D eigenvalue weighted by atomic mass is 10.0. The van der Waals surface area contributed by atoms with Crippen LogP contribution in [0.2, 0.25) is 0 Å². The number of amides is 1. The molecule has 1 atom stereocenters. The first-order chi connectivity index (χ1) is 10.9. The third kappa shape index (κ3) is 3.23. The molecule has 0 aliphatic carbocycles. The fraction of sp³-hybridized carbons (Fsp3) is 0.733. The summed E-state index contributed by atoms with van der Waals surface area (Å²) < 4.78 is 32.8. The summed E-state index contributed by atoms with van der Waals surface area (Å²) in [5.41, 5.74) is 1.27. The van der Waals surface area contributed by atoms with Gasteiger partial charge < -0.3 is 9.64 Å². The van der Waals surface area contributed by atoms with Gasteiger partial charge in [-0.3, -0.25) is 14.8 Å². The van der Waals surface area contributed by atoms with Crippen molar-refractivity contribution >= 4 is 5.91 Å². The van der Waals surface area contributed by atoms with Crippen LogP contribution in [0.25, 0.3) is 0 Å². The van der Waals surface area contributed by atoms with E-state index in [0.29, 0.717) is 31.9 Å². The minimum Gasteiger partial charge on any atom is -0.380 e. The van der Waals surface area contributed by atoms with Crippen molar-refractivity contribution in [2.45, 2.75) is 38.3 Å². The second kappa shape index (κ2) is 6.16. The Morgan fingerprint density at radius 1 is 1.52 bits per heavy atom. The molecule has 2 aliphatic rings. The van der Waals surface area contributed by atoms with Gasteiger partial charge in [0.05, 0.1) is 24.9 Å². The van der Waals surface area contributed by atoms with E-state index in [1.807, 2.05) is 11.8 Å². The Hall–Kier alpha value is -1.54. The number of ether oxygens (including phenoxy) is 1. The molecule has 0 spiro atoms. The quantitative estimate of drug-likeness (QED) is 0.885. The molecule has 2 fully saturated rings. The summed E-state index contributed by atoms with van der Waals surface area (Å²) in [4.78, 5) is 15.8. The number of hydrogen-bond donors (Lipinski definition) is 1. The molecular weight excluding hydrogens is 306 g/mol. The van der Waals surface area contributed by atoms with Crippen LogP contribution in [0, 0.1) is 6.92 Å². The lowest BCUT2D eigenvalue weighted by molar-refractivity contribution is -0.0148. The zero-order valence-electron chi connectivity index (χ0n) is 13.4. The first kappa shape index (κ1) is 16.3. The lowest BCUT2D eigenvalue weighted by Crippen LogP contribution is -2.62. The molecular formula is C15H22F2N4O2. The second-order valence-corrected chi connectivity index (χ2v) is 6.32. The van der Waals surface area contributed by atoms with Gasteiger partial charge >= 0.3 is 0 Å². The minimum atomic E-state index is -2.67. The van der Waals surface area contributed by atoms with Gasteiger partial charge in [-0.25, -0.2) is 8.78 Å². The van der Waals surface area contributed by atoms with Crippen LogP contribution in [-0.4, -0.2) is 76.8 Å². The molecule has 0 bridgehead atoms. The van der Waals surface area contributed by atoms with Crippen molar-refractivity contribution in [3.05, 3.63) is 17.5 Å². The Kier molecular flexibility index (Phi) is 4.37. The van der Waals surface area contributed by atoms with Crippen LogP contribution in [0.1, 0.15) is 29.4 Å². The van der Waals surface area contributed by atoms with Crippen LogP contribution in [-0.2, 0) is 4.74 Å². The molecule has 1 aromatic rings. The van der Waals surface area contributed by atoms with Crippen molar-refractivity contribution < 1.29 is 18.3 Å². The number of nitrogens with one attached hydrogen (secondary N) is 1. The largest absolute Gasteiger partial charge is 0.380 e. The molecule has 1 aromatic heterocycles. The molecule has 0 radical (unpaired) electrons. The summed E-state index contributed by atoms with van der Waals surface area (Å²) in [5.74, 6) is -2.77. The molecule has 6 nitrogen and oxygen atoms in total. The van der Waals surface area contributed by atoms with E-state index in [0.717, 1.165) is 5.69 Å². The first-order valence-electron chi connectivity index (χ1n) is 7.92. The summed E-state index contributed by atoms with van der Waals surface area (Å²) in [6.07, 6.45) is 1.34. The van der Waals surface area contributed by atoms with Crippen molar-refractivity contribution in [3.63, 3.8) is 0 Å². The molecule has 0 aromatic carbocycles. The zero-order chi connectivity index (χ0) is 16.6. The van der Waals surface area contributed by atoms with E-state index in [2.05, 4.69) is 10.2 Å². The number of halogens is 2. The summed E-state index contributed by atoms with van der Waals surface area (Å²) in [6, 6.07) is -0.298. The van der Waals surface area contributed by atoms with Gasteiger partial charge in [0.2, 0.25) is 0 Å². The van der Waals surface area contributed by atoms with Gasteiger partial charge in [-0.15, -0.1) is 0 Å². The Bertz CT molecular complexity index is 572. The Morgan fingerprint density at radius 3 is 2.87 bits per heavy atom. The van der Waals surface area contributed by atoms with E-state index >= 15 is 0 Å². The highest BCUT2D eigenvalue weighted by Gasteiger charge is 2.50. The average Bonchev–Trinajstić information content (AvgIpc) is 2.98. The van der Waals surface area contributed by atoms with Gasteiger partial charge in [-0.05, 0) is 13.8 Å². The van der Waals surface area contributed by atoms with Gasteiger partial charge in [0, 0.05) is 43.9 Å². The molecule has 3 heterocycles. The van der Waals surface area contributed by atoms with E-state index in [1.54, 1.807) is 11.8 Å². The van der Waals surface area contributed by atoms with E-state index in [-0.39, 0.29) is 31.0 Å². The number of alkyl halides is 2. The maximum atomic E-state index is 13.7. The van der Waals surface area contributed by atoms with E-state index < -0.39 is 5.92 Å². The second-order valence-electron chi connectivity index (χ2n) is 6.32. The zero-order valence-corrected chi connectivity index (χ0v) is 13.4. The molecule has 0 saturated carbocycles.